The van der Waals surface area contributed by atoms with E-state index in [1.54, 1.807) is 23.9 Å². The van der Waals surface area contributed by atoms with Crippen molar-refractivity contribution in [2.45, 2.75) is 31.2 Å². The lowest BCUT2D eigenvalue weighted by atomic mass is 10.0. The Hall–Kier alpha value is -1.79. The van der Waals surface area contributed by atoms with Gasteiger partial charge in [-0.05, 0) is 43.8 Å². The Morgan fingerprint density at radius 1 is 1.36 bits per heavy atom. The molecule has 1 amide bonds. The van der Waals surface area contributed by atoms with Crippen molar-refractivity contribution in [3.05, 3.63) is 59.3 Å². The summed E-state index contributed by atoms with van der Waals surface area (Å²) in [6, 6.07) is 10.5. The molecule has 1 aliphatic rings. The van der Waals surface area contributed by atoms with Gasteiger partial charge in [-0.2, -0.15) is 11.8 Å². The summed E-state index contributed by atoms with van der Waals surface area (Å²) in [4.78, 5) is 14.5. The Morgan fingerprint density at radius 3 is 3.00 bits per heavy atom. The molecule has 3 rings (SSSR count). The molecule has 0 bridgehead atoms. The standard InChI is InChI=1S/C19H23FN2O2S/c1-25-13-16-8-9-18(24-16)19(23)21-15-6-4-10-22(12-15)11-14-5-2-3-7-17(14)20/h2-3,5,7-9,15H,4,6,10-13H2,1H3,(H,21,23)/t15-/m1/s1. The Bertz CT molecular complexity index is 719. The summed E-state index contributed by atoms with van der Waals surface area (Å²) in [7, 11) is 0. The highest BCUT2D eigenvalue weighted by molar-refractivity contribution is 7.97. The molecule has 0 spiro atoms. The number of nitrogens with zero attached hydrogens (tertiary/aromatic N) is 1. The summed E-state index contributed by atoms with van der Waals surface area (Å²) in [5, 5.41) is 3.05. The van der Waals surface area contributed by atoms with Crippen LogP contribution in [0.4, 0.5) is 4.39 Å². The Labute approximate surface area is 151 Å². The van der Waals surface area contributed by atoms with Gasteiger partial charge in [0.05, 0.1) is 5.75 Å². The fourth-order valence-corrected chi connectivity index (χ4v) is 3.60. The molecule has 134 valence electrons. The molecule has 2 heterocycles. The third kappa shape index (κ3) is 4.86. The topological polar surface area (TPSA) is 45.5 Å². The molecular formula is C19H23FN2O2S. The SMILES string of the molecule is CSCc1ccc(C(=O)N[C@@H]2CCCN(Cc3ccccc3F)C2)o1. The van der Waals surface area contributed by atoms with E-state index in [-0.39, 0.29) is 17.8 Å². The molecule has 1 N–H and O–H groups in total. The molecule has 0 aliphatic carbocycles. The molecule has 1 fully saturated rings. The van der Waals surface area contributed by atoms with Crippen LogP contribution in [0.3, 0.4) is 0 Å². The van der Waals surface area contributed by atoms with Gasteiger partial charge in [0, 0.05) is 24.7 Å². The van der Waals surface area contributed by atoms with Crippen LogP contribution in [0.15, 0.2) is 40.8 Å². The van der Waals surface area contributed by atoms with Crippen LogP contribution in [-0.4, -0.2) is 36.2 Å². The van der Waals surface area contributed by atoms with Crippen LogP contribution in [0.2, 0.25) is 0 Å². The van der Waals surface area contributed by atoms with Gasteiger partial charge in [-0.3, -0.25) is 9.69 Å². The minimum absolute atomic E-state index is 0.0575. The second-order valence-electron chi connectivity index (χ2n) is 6.34. The second kappa shape index (κ2) is 8.54. The first-order valence-corrected chi connectivity index (χ1v) is 9.89. The summed E-state index contributed by atoms with van der Waals surface area (Å²) in [6.45, 7) is 2.20. The van der Waals surface area contributed by atoms with Gasteiger partial charge in [-0.25, -0.2) is 4.39 Å². The Morgan fingerprint density at radius 2 is 2.20 bits per heavy atom. The lowest BCUT2D eigenvalue weighted by Gasteiger charge is -2.33. The molecule has 0 radical (unpaired) electrons. The highest BCUT2D eigenvalue weighted by atomic mass is 32.2. The van der Waals surface area contributed by atoms with E-state index in [9.17, 15) is 9.18 Å². The van der Waals surface area contributed by atoms with Crippen molar-refractivity contribution in [2.24, 2.45) is 0 Å². The van der Waals surface area contributed by atoms with Gasteiger partial charge < -0.3 is 9.73 Å². The van der Waals surface area contributed by atoms with E-state index in [2.05, 4.69) is 10.2 Å². The number of halogens is 1. The average molecular weight is 362 g/mol. The number of rotatable bonds is 6. The predicted molar refractivity (Wildman–Crippen MR) is 98.1 cm³/mol. The average Bonchev–Trinajstić information content (AvgIpc) is 3.07. The van der Waals surface area contributed by atoms with Crippen molar-refractivity contribution in [3.63, 3.8) is 0 Å². The third-order valence-corrected chi connectivity index (χ3v) is 4.94. The molecule has 1 aromatic heterocycles. The summed E-state index contributed by atoms with van der Waals surface area (Å²) < 4.78 is 19.4. The minimum atomic E-state index is -0.176. The molecule has 6 heteroatoms. The highest BCUT2D eigenvalue weighted by Crippen LogP contribution is 2.17. The largest absolute Gasteiger partial charge is 0.455 e. The summed E-state index contributed by atoms with van der Waals surface area (Å²) in [5.74, 6) is 1.57. The number of hydrogen-bond donors (Lipinski definition) is 1. The number of benzene rings is 1. The van der Waals surface area contributed by atoms with Gasteiger partial charge in [-0.1, -0.05) is 18.2 Å². The summed E-state index contributed by atoms with van der Waals surface area (Å²) in [5.41, 5.74) is 0.696. The van der Waals surface area contributed by atoms with Gasteiger partial charge in [0.25, 0.3) is 5.91 Å². The molecule has 2 aromatic rings. The van der Waals surface area contributed by atoms with Crippen LogP contribution in [0.1, 0.15) is 34.7 Å². The molecule has 1 atom stereocenters. The van der Waals surface area contributed by atoms with Crippen LogP contribution >= 0.6 is 11.8 Å². The van der Waals surface area contributed by atoms with Crippen LogP contribution in [0, 0.1) is 5.82 Å². The van der Waals surface area contributed by atoms with E-state index in [4.69, 9.17) is 4.42 Å². The maximum absolute atomic E-state index is 13.8. The fourth-order valence-electron chi connectivity index (χ4n) is 3.16. The molecule has 0 unspecified atom stereocenters. The maximum Gasteiger partial charge on any atom is 0.287 e. The quantitative estimate of drug-likeness (QED) is 0.852. The van der Waals surface area contributed by atoms with Crippen molar-refractivity contribution in [1.82, 2.24) is 10.2 Å². The molecule has 4 nitrogen and oxygen atoms in total. The first-order valence-electron chi connectivity index (χ1n) is 8.50. The molecule has 25 heavy (non-hydrogen) atoms. The zero-order valence-electron chi connectivity index (χ0n) is 14.3. The van der Waals surface area contributed by atoms with Gasteiger partial charge in [0.15, 0.2) is 5.76 Å². The first kappa shape index (κ1) is 18.0. The van der Waals surface area contributed by atoms with Crippen LogP contribution in [-0.2, 0) is 12.3 Å². The highest BCUT2D eigenvalue weighted by Gasteiger charge is 2.23. The van der Waals surface area contributed by atoms with Crippen molar-refractivity contribution >= 4 is 17.7 Å². The molecular weight excluding hydrogens is 339 g/mol. The number of hydrogen-bond acceptors (Lipinski definition) is 4. The fraction of sp³-hybridized carbons (Fsp3) is 0.421. The number of amides is 1. The number of carbonyl (C=O) groups excluding carboxylic acids is 1. The zero-order valence-corrected chi connectivity index (χ0v) is 15.2. The maximum atomic E-state index is 13.8. The minimum Gasteiger partial charge on any atom is -0.455 e. The van der Waals surface area contributed by atoms with E-state index < -0.39 is 0 Å². The van der Waals surface area contributed by atoms with Crippen molar-refractivity contribution in [1.29, 1.82) is 0 Å². The number of carbonyl (C=O) groups is 1. The van der Waals surface area contributed by atoms with E-state index in [0.717, 1.165) is 37.4 Å². The molecule has 0 saturated carbocycles. The Kier molecular flexibility index (Phi) is 6.15. The number of furan rings is 1. The normalized spacial score (nSPS) is 18.2. The van der Waals surface area contributed by atoms with Crippen molar-refractivity contribution < 1.29 is 13.6 Å². The molecule has 1 aromatic carbocycles. The van der Waals surface area contributed by atoms with Crippen molar-refractivity contribution in [2.75, 3.05) is 19.3 Å². The number of thioether (sulfide) groups is 1. The second-order valence-corrected chi connectivity index (χ2v) is 7.20. The lowest BCUT2D eigenvalue weighted by Crippen LogP contribution is -2.47. The van der Waals surface area contributed by atoms with Gasteiger partial charge in [0.1, 0.15) is 11.6 Å². The monoisotopic (exact) mass is 362 g/mol. The number of nitrogens with one attached hydrogen (secondary N) is 1. The van der Waals surface area contributed by atoms with Crippen molar-refractivity contribution in [3.8, 4) is 0 Å². The smallest absolute Gasteiger partial charge is 0.287 e. The van der Waals surface area contributed by atoms with E-state index >= 15 is 0 Å². The molecule has 1 saturated heterocycles. The van der Waals surface area contributed by atoms with Gasteiger partial charge >= 0.3 is 0 Å². The summed E-state index contributed by atoms with van der Waals surface area (Å²) in [6.07, 6.45) is 3.90. The van der Waals surface area contributed by atoms with E-state index in [1.807, 2.05) is 24.5 Å². The number of piperidine rings is 1. The first-order chi connectivity index (χ1) is 12.2. The van der Waals surface area contributed by atoms with Gasteiger partial charge in [0.2, 0.25) is 0 Å². The van der Waals surface area contributed by atoms with E-state index in [1.165, 1.54) is 6.07 Å². The van der Waals surface area contributed by atoms with Gasteiger partial charge in [-0.15, -0.1) is 0 Å². The van der Waals surface area contributed by atoms with Crippen LogP contribution in [0.25, 0.3) is 0 Å². The number of likely N-dealkylation sites (tertiary alicyclic amines) is 1. The van der Waals surface area contributed by atoms with E-state index in [0.29, 0.717) is 17.9 Å². The Balaban J connectivity index is 1.55. The van der Waals surface area contributed by atoms with Crippen LogP contribution in [0.5, 0.6) is 0 Å². The predicted octanol–water partition coefficient (Wildman–Crippen LogP) is 3.68. The summed E-state index contributed by atoms with van der Waals surface area (Å²) >= 11 is 1.65. The zero-order chi connectivity index (χ0) is 17.6. The van der Waals surface area contributed by atoms with Crippen LogP contribution < -0.4 is 5.32 Å². The molecule has 1 aliphatic heterocycles. The third-order valence-electron chi connectivity index (χ3n) is 4.36. The lowest BCUT2D eigenvalue weighted by molar-refractivity contribution is 0.0871.